The minimum Gasteiger partial charge on any atom is -0.348 e. The second-order valence-electron chi connectivity index (χ2n) is 6.12. The van der Waals surface area contributed by atoms with Crippen molar-refractivity contribution >= 4 is 55.1 Å². The number of nitrogens with one attached hydrogen (secondary N) is 1. The van der Waals surface area contributed by atoms with Crippen LogP contribution in [0.25, 0.3) is 0 Å². The molecule has 2 aromatic carbocycles. The Labute approximate surface area is 177 Å². The van der Waals surface area contributed by atoms with Crippen LogP contribution in [0.15, 0.2) is 46.9 Å². The Bertz CT molecular complexity index is 921. The van der Waals surface area contributed by atoms with Crippen molar-refractivity contribution in [3.8, 4) is 0 Å². The van der Waals surface area contributed by atoms with E-state index in [2.05, 4.69) is 21.2 Å². The maximum Gasteiger partial charge on any atom is 0.235 e. The summed E-state index contributed by atoms with van der Waals surface area (Å²) in [6, 6.07) is 12.1. The van der Waals surface area contributed by atoms with Crippen LogP contribution in [0.3, 0.4) is 0 Å². The summed E-state index contributed by atoms with van der Waals surface area (Å²) in [5, 5.41) is 3.53. The molecule has 0 radical (unpaired) electrons. The third kappa shape index (κ3) is 6.76. The first-order valence-corrected chi connectivity index (χ1v) is 11.4. The van der Waals surface area contributed by atoms with E-state index in [0.717, 1.165) is 20.6 Å². The average molecular weight is 494 g/mol. The van der Waals surface area contributed by atoms with Crippen molar-refractivity contribution in [1.82, 2.24) is 9.62 Å². The molecule has 0 saturated carbocycles. The van der Waals surface area contributed by atoms with Crippen LogP contribution in [0, 0.1) is 0 Å². The zero-order chi connectivity index (χ0) is 20.2. The Kier molecular flexibility index (Phi) is 7.71. The third-order valence-electron chi connectivity index (χ3n) is 3.88. The number of amides is 1. The highest BCUT2D eigenvalue weighted by atomic mass is 79.9. The lowest BCUT2D eigenvalue weighted by Crippen LogP contribution is -2.40. The number of halogens is 3. The van der Waals surface area contributed by atoms with Gasteiger partial charge in [-0.1, -0.05) is 57.3 Å². The van der Waals surface area contributed by atoms with Crippen molar-refractivity contribution in [2.45, 2.75) is 19.5 Å². The van der Waals surface area contributed by atoms with Gasteiger partial charge in [-0.25, -0.2) is 8.42 Å². The lowest BCUT2D eigenvalue weighted by Gasteiger charge is -2.21. The molecule has 27 heavy (non-hydrogen) atoms. The van der Waals surface area contributed by atoms with Crippen LogP contribution in [-0.4, -0.2) is 31.4 Å². The van der Waals surface area contributed by atoms with Crippen LogP contribution in [0.4, 0.5) is 0 Å². The van der Waals surface area contributed by atoms with Crippen molar-refractivity contribution < 1.29 is 13.2 Å². The van der Waals surface area contributed by atoms with E-state index >= 15 is 0 Å². The van der Waals surface area contributed by atoms with Gasteiger partial charge in [0.2, 0.25) is 15.9 Å². The normalized spacial score (nSPS) is 12.8. The molecule has 0 fully saturated rings. The molecule has 0 saturated heterocycles. The van der Waals surface area contributed by atoms with Gasteiger partial charge >= 0.3 is 0 Å². The van der Waals surface area contributed by atoms with Gasteiger partial charge < -0.3 is 5.32 Å². The van der Waals surface area contributed by atoms with Gasteiger partial charge in [0.15, 0.2) is 0 Å². The van der Waals surface area contributed by atoms with Crippen LogP contribution in [-0.2, 0) is 21.4 Å². The SMILES string of the molecule is C[C@H](NC(=O)CN(Cc1ccc(Cl)c(Cl)c1)S(C)(=O)=O)c1ccc(Br)cc1. The van der Waals surface area contributed by atoms with Crippen molar-refractivity contribution in [1.29, 1.82) is 0 Å². The highest BCUT2D eigenvalue weighted by molar-refractivity contribution is 9.10. The van der Waals surface area contributed by atoms with E-state index in [9.17, 15) is 13.2 Å². The molecule has 2 aromatic rings. The number of hydrogen-bond acceptors (Lipinski definition) is 3. The van der Waals surface area contributed by atoms with Gasteiger partial charge in [-0.05, 0) is 42.3 Å². The van der Waals surface area contributed by atoms with Gasteiger partial charge in [0.05, 0.1) is 28.9 Å². The van der Waals surface area contributed by atoms with E-state index in [1.165, 1.54) is 0 Å². The zero-order valence-electron chi connectivity index (χ0n) is 14.7. The minimum atomic E-state index is -3.60. The summed E-state index contributed by atoms with van der Waals surface area (Å²) in [4.78, 5) is 12.4. The number of benzene rings is 2. The molecule has 2 rings (SSSR count). The first-order chi connectivity index (χ1) is 12.6. The molecule has 0 aromatic heterocycles. The molecule has 1 amide bonds. The van der Waals surface area contributed by atoms with Crippen LogP contribution >= 0.6 is 39.1 Å². The number of carbonyl (C=O) groups excluding carboxylic acids is 1. The first kappa shape index (κ1) is 22.2. The largest absolute Gasteiger partial charge is 0.348 e. The fourth-order valence-corrected chi connectivity index (χ4v) is 3.73. The quantitative estimate of drug-likeness (QED) is 0.621. The molecule has 0 aliphatic rings. The molecule has 0 bridgehead atoms. The predicted octanol–water partition coefficient (Wildman–Crippen LogP) is 4.39. The van der Waals surface area contributed by atoms with Crippen LogP contribution in [0.5, 0.6) is 0 Å². The van der Waals surface area contributed by atoms with Gasteiger partial charge in [-0.3, -0.25) is 4.79 Å². The van der Waals surface area contributed by atoms with Gasteiger partial charge in [-0.2, -0.15) is 4.31 Å². The zero-order valence-corrected chi connectivity index (χ0v) is 18.7. The summed E-state index contributed by atoms with van der Waals surface area (Å²) in [6.45, 7) is 1.57. The molecular formula is C18H19BrCl2N2O3S. The standard InChI is InChI=1S/C18H19BrCl2N2O3S/c1-12(14-4-6-15(19)7-5-14)22-18(24)11-23(27(2,25)26)10-13-3-8-16(20)17(21)9-13/h3-9,12H,10-11H2,1-2H3,(H,22,24)/t12-/m0/s1. The van der Waals surface area contributed by atoms with E-state index in [1.54, 1.807) is 18.2 Å². The number of hydrogen-bond donors (Lipinski definition) is 1. The molecule has 146 valence electrons. The van der Waals surface area contributed by atoms with E-state index in [4.69, 9.17) is 23.2 Å². The molecule has 0 aliphatic carbocycles. The Morgan fingerprint density at radius 3 is 2.33 bits per heavy atom. The van der Waals surface area contributed by atoms with E-state index < -0.39 is 15.9 Å². The molecule has 5 nitrogen and oxygen atoms in total. The highest BCUT2D eigenvalue weighted by Gasteiger charge is 2.22. The number of sulfonamides is 1. The monoisotopic (exact) mass is 492 g/mol. The molecule has 0 aliphatic heterocycles. The van der Waals surface area contributed by atoms with Crippen LogP contribution in [0.2, 0.25) is 10.0 Å². The number of carbonyl (C=O) groups is 1. The van der Waals surface area contributed by atoms with E-state index in [1.807, 2.05) is 31.2 Å². The molecule has 0 unspecified atom stereocenters. The Hall–Kier alpha value is -1.12. The predicted molar refractivity (Wildman–Crippen MR) is 112 cm³/mol. The van der Waals surface area contributed by atoms with Gasteiger partial charge in [0.25, 0.3) is 0 Å². The molecule has 1 N–H and O–H groups in total. The van der Waals surface area contributed by atoms with E-state index in [-0.39, 0.29) is 19.1 Å². The Morgan fingerprint density at radius 1 is 1.15 bits per heavy atom. The van der Waals surface area contributed by atoms with Crippen LogP contribution in [0.1, 0.15) is 24.1 Å². The lowest BCUT2D eigenvalue weighted by atomic mass is 10.1. The summed E-state index contributed by atoms with van der Waals surface area (Å²) in [5.41, 5.74) is 1.56. The Balaban J connectivity index is 2.07. The number of rotatable bonds is 7. The molecular weight excluding hydrogens is 475 g/mol. The minimum absolute atomic E-state index is 0.0236. The smallest absolute Gasteiger partial charge is 0.235 e. The highest BCUT2D eigenvalue weighted by Crippen LogP contribution is 2.23. The third-order valence-corrected chi connectivity index (χ3v) is 6.34. The fourth-order valence-electron chi connectivity index (χ4n) is 2.41. The summed E-state index contributed by atoms with van der Waals surface area (Å²) in [6.07, 6.45) is 1.07. The number of nitrogens with zero attached hydrogens (tertiary/aromatic N) is 1. The fraction of sp³-hybridized carbons (Fsp3) is 0.278. The summed E-state index contributed by atoms with van der Waals surface area (Å²) >= 11 is 15.2. The van der Waals surface area contributed by atoms with Gasteiger partial charge in [0, 0.05) is 11.0 Å². The summed E-state index contributed by atoms with van der Waals surface area (Å²) in [7, 11) is -3.60. The van der Waals surface area contributed by atoms with Crippen molar-refractivity contribution in [2.75, 3.05) is 12.8 Å². The summed E-state index contributed by atoms with van der Waals surface area (Å²) < 4.78 is 26.2. The molecule has 0 spiro atoms. The van der Waals surface area contributed by atoms with Crippen molar-refractivity contribution in [3.63, 3.8) is 0 Å². The van der Waals surface area contributed by atoms with Gasteiger partial charge in [-0.15, -0.1) is 0 Å². The second-order valence-corrected chi connectivity index (χ2v) is 9.83. The maximum absolute atomic E-state index is 12.4. The first-order valence-electron chi connectivity index (χ1n) is 8.00. The average Bonchev–Trinajstić information content (AvgIpc) is 2.57. The molecule has 9 heteroatoms. The van der Waals surface area contributed by atoms with Crippen molar-refractivity contribution in [2.24, 2.45) is 0 Å². The van der Waals surface area contributed by atoms with Crippen LogP contribution < -0.4 is 5.32 Å². The lowest BCUT2D eigenvalue weighted by molar-refractivity contribution is -0.122. The van der Waals surface area contributed by atoms with E-state index in [0.29, 0.717) is 15.6 Å². The maximum atomic E-state index is 12.4. The molecule has 1 atom stereocenters. The second kappa shape index (κ2) is 9.39. The van der Waals surface area contributed by atoms with Crippen molar-refractivity contribution in [3.05, 3.63) is 68.1 Å². The molecule has 0 heterocycles. The topological polar surface area (TPSA) is 66.5 Å². The Morgan fingerprint density at radius 2 is 1.78 bits per heavy atom. The van der Waals surface area contributed by atoms with Gasteiger partial charge in [0.1, 0.15) is 0 Å². The summed E-state index contributed by atoms with van der Waals surface area (Å²) in [5.74, 6) is -0.393.